The number of halogens is 3. The molecule has 0 N–H and O–H groups in total. The third-order valence-electron chi connectivity index (χ3n) is 6.90. The monoisotopic (exact) mass is 541 g/mol. The van der Waals surface area contributed by atoms with Gasteiger partial charge in [-0.1, -0.05) is 16.8 Å². The van der Waals surface area contributed by atoms with Gasteiger partial charge in [0.05, 0.1) is 16.9 Å². The summed E-state index contributed by atoms with van der Waals surface area (Å²) in [7, 11) is 3.45. The van der Waals surface area contributed by atoms with Gasteiger partial charge in [-0.15, -0.1) is 0 Å². The van der Waals surface area contributed by atoms with E-state index in [1.807, 2.05) is 32.7 Å². The molecule has 4 rings (SSSR count). The summed E-state index contributed by atoms with van der Waals surface area (Å²) in [5, 5.41) is 14.5. The van der Waals surface area contributed by atoms with E-state index in [4.69, 9.17) is 16.4 Å². The highest BCUT2D eigenvalue weighted by Crippen LogP contribution is 2.36. The molecule has 1 aliphatic rings. The van der Waals surface area contributed by atoms with E-state index in [1.165, 1.54) is 16.7 Å². The quantitative estimate of drug-likeness (QED) is 0.226. The van der Waals surface area contributed by atoms with Gasteiger partial charge in [0.15, 0.2) is 0 Å². The molecular formula is C28H30ClF2N5O2. The average molecular weight is 542 g/mol. The molecule has 200 valence electrons. The average Bonchev–Trinajstić information content (AvgIpc) is 2.86. The van der Waals surface area contributed by atoms with Crippen molar-refractivity contribution in [3.63, 3.8) is 0 Å². The van der Waals surface area contributed by atoms with Crippen molar-refractivity contribution < 1.29 is 13.6 Å². The predicted octanol–water partition coefficient (Wildman–Crippen LogP) is 5.95. The number of anilines is 1. The van der Waals surface area contributed by atoms with E-state index in [0.29, 0.717) is 48.1 Å². The summed E-state index contributed by atoms with van der Waals surface area (Å²) in [4.78, 5) is 25.0. The lowest BCUT2D eigenvalue weighted by molar-refractivity contribution is -0.0000721. The van der Waals surface area contributed by atoms with Crippen LogP contribution < -0.4 is 10.5 Å². The molecule has 0 spiro atoms. The number of fused-ring (bicyclic) bond motifs is 1. The molecule has 2 aromatic heterocycles. The van der Waals surface area contributed by atoms with Gasteiger partial charge in [-0.3, -0.25) is 4.79 Å². The minimum Gasteiger partial charge on any atom is -0.390 e. The Hall–Kier alpha value is -3.51. The van der Waals surface area contributed by atoms with Crippen LogP contribution in [0.1, 0.15) is 57.6 Å². The second kappa shape index (κ2) is 10.7. The Bertz CT molecular complexity index is 1500. The summed E-state index contributed by atoms with van der Waals surface area (Å²) >= 11 is 6.19. The number of nitrogens with zero attached hydrogens (tertiary/aromatic N) is 5. The molecule has 1 saturated carbocycles. The lowest BCUT2D eigenvalue weighted by Gasteiger charge is -2.37. The Morgan fingerprint density at radius 3 is 2.50 bits per heavy atom. The summed E-state index contributed by atoms with van der Waals surface area (Å²) in [6.07, 6.45) is 2.66. The lowest BCUT2D eigenvalue weighted by Crippen LogP contribution is -2.39. The molecule has 0 saturated heterocycles. The van der Waals surface area contributed by atoms with Crippen molar-refractivity contribution in [2.24, 2.45) is 18.1 Å². The summed E-state index contributed by atoms with van der Waals surface area (Å²) in [6.45, 7) is 5.55. The zero-order valence-corrected chi connectivity index (χ0v) is 22.8. The van der Waals surface area contributed by atoms with Gasteiger partial charge in [0.2, 0.25) is 0 Å². The number of nitriles is 1. The van der Waals surface area contributed by atoms with Crippen LogP contribution >= 0.6 is 11.6 Å². The first-order chi connectivity index (χ1) is 17.9. The van der Waals surface area contributed by atoms with Crippen molar-refractivity contribution in [1.82, 2.24) is 9.55 Å². The maximum atomic E-state index is 14.8. The molecule has 0 amide bonds. The van der Waals surface area contributed by atoms with Crippen molar-refractivity contribution >= 4 is 34.0 Å². The number of aromatic nitrogens is 2. The van der Waals surface area contributed by atoms with Gasteiger partial charge in [0.25, 0.3) is 5.56 Å². The number of rotatable bonds is 5. The molecule has 1 aliphatic carbocycles. The van der Waals surface area contributed by atoms with Gasteiger partial charge in [0, 0.05) is 37.7 Å². The highest BCUT2D eigenvalue weighted by molar-refractivity contribution is 6.29. The van der Waals surface area contributed by atoms with Crippen LogP contribution in [0.2, 0.25) is 5.15 Å². The fourth-order valence-corrected chi connectivity index (χ4v) is 5.11. The van der Waals surface area contributed by atoms with Crippen molar-refractivity contribution in [2.45, 2.75) is 58.1 Å². The van der Waals surface area contributed by atoms with E-state index in [2.05, 4.69) is 16.2 Å². The van der Waals surface area contributed by atoms with Crippen LogP contribution in [-0.2, 0) is 11.9 Å². The Morgan fingerprint density at radius 2 is 1.89 bits per heavy atom. The molecule has 10 heteroatoms. The Labute approximate surface area is 225 Å². The highest BCUT2D eigenvalue weighted by atomic mass is 35.5. The number of benzene rings is 1. The predicted molar refractivity (Wildman–Crippen MR) is 145 cm³/mol. The third kappa shape index (κ3) is 5.51. The first-order valence-corrected chi connectivity index (χ1v) is 12.8. The van der Waals surface area contributed by atoms with Gasteiger partial charge in [0.1, 0.15) is 39.5 Å². The number of hydrogen-bond donors (Lipinski definition) is 0. The van der Waals surface area contributed by atoms with Crippen LogP contribution in [0.3, 0.4) is 0 Å². The Morgan fingerprint density at radius 1 is 1.21 bits per heavy atom. The van der Waals surface area contributed by atoms with Crippen LogP contribution in [-0.4, -0.2) is 34.0 Å². The van der Waals surface area contributed by atoms with Gasteiger partial charge < -0.3 is 14.3 Å². The smallest absolute Gasteiger partial charge is 0.270 e. The Kier molecular flexibility index (Phi) is 7.75. The third-order valence-corrected chi connectivity index (χ3v) is 7.11. The summed E-state index contributed by atoms with van der Waals surface area (Å²) in [5.74, 6) is -1.46. The first-order valence-electron chi connectivity index (χ1n) is 12.4. The largest absolute Gasteiger partial charge is 0.390 e. The maximum Gasteiger partial charge on any atom is 0.270 e. The number of aryl methyl sites for hydroxylation is 1. The van der Waals surface area contributed by atoms with Gasteiger partial charge in [-0.25, -0.2) is 13.8 Å². The second-order valence-corrected chi connectivity index (χ2v) is 11.0. The fraction of sp³-hybridized carbons (Fsp3) is 0.429. The van der Waals surface area contributed by atoms with E-state index in [-0.39, 0.29) is 28.2 Å². The number of pyridine rings is 2. The van der Waals surface area contributed by atoms with E-state index in [9.17, 15) is 18.8 Å². The lowest BCUT2D eigenvalue weighted by atomic mass is 9.80. The molecule has 0 bridgehead atoms. The second-order valence-electron chi connectivity index (χ2n) is 10.6. The van der Waals surface area contributed by atoms with E-state index < -0.39 is 22.8 Å². The first kappa shape index (κ1) is 27.5. The molecular weight excluding hydrogens is 512 g/mol. The normalized spacial score (nSPS) is 18.3. The van der Waals surface area contributed by atoms with Crippen LogP contribution in [0.25, 0.3) is 11.0 Å². The number of oxime groups is 1. The van der Waals surface area contributed by atoms with Gasteiger partial charge in [-0.2, -0.15) is 5.26 Å². The fourth-order valence-electron chi connectivity index (χ4n) is 4.96. The summed E-state index contributed by atoms with van der Waals surface area (Å²) in [6, 6.07) is 8.84. The number of hydrogen-bond acceptors (Lipinski definition) is 6. The van der Waals surface area contributed by atoms with Crippen LogP contribution in [0.4, 0.5) is 14.5 Å². The van der Waals surface area contributed by atoms with Crippen molar-refractivity contribution in [1.29, 1.82) is 5.26 Å². The summed E-state index contributed by atoms with van der Waals surface area (Å²) in [5.41, 5.74) is 1.20. The molecule has 0 aliphatic heterocycles. The minimum atomic E-state index is -0.686. The standard InChI is InChI=1S/C28H30ClF2N5O2/c1-28(2,3)38-34-24(19-11-8-17(30)14-21(19)31)16-6-9-18(10-7-16)35(4)26-20(15-32)27(37)36(5)22-12-13-23(29)33-25(22)26/h8,11-14,16,18H,6-7,9-10H2,1-5H3/b34-24+. The van der Waals surface area contributed by atoms with Crippen molar-refractivity contribution in [2.75, 3.05) is 11.9 Å². The maximum absolute atomic E-state index is 14.8. The topological polar surface area (TPSA) is 83.5 Å². The molecule has 7 nitrogen and oxygen atoms in total. The zero-order valence-electron chi connectivity index (χ0n) is 22.1. The van der Waals surface area contributed by atoms with Crippen molar-refractivity contribution in [3.05, 3.63) is 68.6 Å². The molecule has 0 atom stereocenters. The van der Waals surface area contributed by atoms with E-state index in [1.54, 1.807) is 19.2 Å². The molecule has 0 radical (unpaired) electrons. The van der Waals surface area contributed by atoms with Crippen LogP contribution in [0, 0.1) is 28.9 Å². The van der Waals surface area contributed by atoms with E-state index >= 15 is 0 Å². The highest BCUT2D eigenvalue weighted by Gasteiger charge is 2.32. The molecule has 0 unspecified atom stereocenters. The summed E-state index contributed by atoms with van der Waals surface area (Å²) < 4.78 is 29.8. The van der Waals surface area contributed by atoms with E-state index in [0.717, 1.165) is 6.07 Å². The molecule has 2 heterocycles. The van der Waals surface area contributed by atoms with Crippen molar-refractivity contribution in [3.8, 4) is 6.07 Å². The zero-order chi connectivity index (χ0) is 27.8. The van der Waals surface area contributed by atoms with Gasteiger partial charge in [-0.05, 0) is 70.7 Å². The molecule has 1 aromatic carbocycles. The SMILES string of the molecule is CN(c1c(C#N)c(=O)n(C)c2ccc(Cl)nc12)C1CCC(/C(=N\OC(C)(C)C)c2ccc(F)cc2F)CC1. The molecule has 1 fully saturated rings. The van der Waals surface area contributed by atoms with Crippen LogP contribution in [0.15, 0.2) is 40.3 Å². The minimum absolute atomic E-state index is 0.00796. The Balaban J connectivity index is 1.66. The van der Waals surface area contributed by atoms with Gasteiger partial charge >= 0.3 is 0 Å². The molecule has 3 aromatic rings. The molecule has 38 heavy (non-hydrogen) atoms. The van der Waals surface area contributed by atoms with Crippen LogP contribution in [0.5, 0.6) is 0 Å².